The predicted octanol–water partition coefficient (Wildman–Crippen LogP) is 4.83. The van der Waals surface area contributed by atoms with Gasteiger partial charge in [-0.3, -0.25) is 0 Å². The molecule has 7 heteroatoms. The number of thiol groups is 1. The highest BCUT2D eigenvalue weighted by molar-refractivity contribution is 9.10. The van der Waals surface area contributed by atoms with Crippen LogP contribution in [0.25, 0.3) is 0 Å². The second kappa shape index (κ2) is 6.05. The zero-order chi connectivity index (χ0) is 14.8. The first-order valence-electron chi connectivity index (χ1n) is 6.13. The Labute approximate surface area is 129 Å². The van der Waals surface area contributed by atoms with Crippen molar-refractivity contribution in [3.05, 3.63) is 22.7 Å². The maximum absolute atomic E-state index is 12.1. The Kier molecular flexibility index (Phi) is 4.79. The summed E-state index contributed by atoms with van der Waals surface area (Å²) in [5.74, 6) is 0.987. The number of benzene rings is 1. The van der Waals surface area contributed by atoms with E-state index in [9.17, 15) is 13.2 Å². The first-order valence-corrected chi connectivity index (χ1v) is 7.55. The Hall–Kier alpha value is -0.560. The fourth-order valence-corrected chi connectivity index (χ4v) is 2.89. The smallest absolute Gasteiger partial charge is 0.493 e. The first kappa shape index (κ1) is 15.8. The van der Waals surface area contributed by atoms with E-state index < -0.39 is 6.36 Å². The fraction of sp³-hybridized carbons (Fsp3) is 0.538. The summed E-state index contributed by atoms with van der Waals surface area (Å²) in [7, 11) is 0. The minimum atomic E-state index is -4.70. The SMILES string of the molecule is FC(F)(F)Oc1ccc(OCC2(CS)CCC2)cc1Br. The molecule has 0 bridgehead atoms. The Morgan fingerprint density at radius 2 is 2.00 bits per heavy atom. The van der Waals surface area contributed by atoms with Gasteiger partial charge in [0, 0.05) is 5.41 Å². The molecule has 0 spiro atoms. The maximum atomic E-state index is 12.1. The lowest BCUT2D eigenvalue weighted by molar-refractivity contribution is -0.274. The molecule has 0 unspecified atom stereocenters. The van der Waals surface area contributed by atoms with Gasteiger partial charge < -0.3 is 9.47 Å². The highest BCUT2D eigenvalue weighted by Gasteiger charge is 2.36. The number of halogens is 4. The van der Waals surface area contributed by atoms with Crippen molar-refractivity contribution >= 4 is 28.6 Å². The summed E-state index contributed by atoms with van der Waals surface area (Å²) < 4.78 is 46.2. The van der Waals surface area contributed by atoms with Crippen molar-refractivity contribution in [1.29, 1.82) is 0 Å². The molecule has 0 N–H and O–H groups in total. The van der Waals surface area contributed by atoms with Crippen LogP contribution in [0, 0.1) is 5.41 Å². The van der Waals surface area contributed by atoms with Crippen LogP contribution in [0.5, 0.6) is 11.5 Å². The zero-order valence-corrected chi connectivity index (χ0v) is 13.0. The standard InChI is InChI=1S/C13H14BrF3O2S/c14-10-6-9(2-3-11(10)19-13(15,16)17)18-7-12(8-20)4-1-5-12/h2-3,6,20H,1,4-5,7-8H2. The van der Waals surface area contributed by atoms with Crippen LogP contribution in [-0.2, 0) is 0 Å². The molecule has 1 aliphatic rings. The Morgan fingerprint density at radius 1 is 1.30 bits per heavy atom. The maximum Gasteiger partial charge on any atom is 0.573 e. The van der Waals surface area contributed by atoms with E-state index in [4.69, 9.17) is 4.74 Å². The van der Waals surface area contributed by atoms with Crippen molar-refractivity contribution in [2.24, 2.45) is 5.41 Å². The van der Waals surface area contributed by atoms with Gasteiger partial charge in [-0.15, -0.1) is 13.2 Å². The van der Waals surface area contributed by atoms with E-state index in [-0.39, 0.29) is 15.6 Å². The van der Waals surface area contributed by atoms with Gasteiger partial charge in [-0.1, -0.05) is 6.42 Å². The molecule has 0 heterocycles. The normalized spacial score (nSPS) is 17.4. The van der Waals surface area contributed by atoms with Crippen molar-refractivity contribution in [2.75, 3.05) is 12.4 Å². The molecule has 0 amide bonds. The number of hydrogen-bond donors (Lipinski definition) is 1. The van der Waals surface area contributed by atoms with E-state index in [1.54, 1.807) is 0 Å². The van der Waals surface area contributed by atoms with Gasteiger partial charge in [0.05, 0.1) is 11.1 Å². The molecule has 0 saturated heterocycles. The van der Waals surface area contributed by atoms with Crippen LogP contribution < -0.4 is 9.47 Å². The molecule has 1 saturated carbocycles. The van der Waals surface area contributed by atoms with Gasteiger partial charge in [0.25, 0.3) is 0 Å². The molecule has 0 aliphatic heterocycles. The lowest BCUT2D eigenvalue weighted by Gasteiger charge is -2.40. The van der Waals surface area contributed by atoms with Crippen molar-refractivity contribution in [2.45, 2.75) is 25.6 Å². The van der Waals surface area contributed by atoms with E-state index in [1.807, 2.05) is 0 Å². The third kappa shape index (κ3) is 3.97. The number of hydrogen-bond acceptors (Lipinski definition) is 3. The summed E-state index contributed by atoms with van der Waals surface area (Å²) in [6.07, 6.45) is -1.38. The summed E-state index contributed by atoms with van der Waals surface area (Å²) in [6.45, 7) is 0.530. The summed E-state index contributed by atoms with van der Waals surface area (Å²) in [4.78, 5) is 0. The summed E-state index contributed by atoms with van der Waals surface area (Å²) >= 11 is 7.38. The lowest BCUT2D eigenvalue weighted by Crippen LogP contribution is -2.37. The molecule has 0 radical (unpaired) electrons. The number of rotatable bonds is 5. The van der Waals surface area contributed by atoms with Gasteiger partial charge in [-0.25, -0.2) is 0 Å². The molecule has 2 nitrogen and oxygen atoms in total. The molecule has 20 heavy (non-hydrogen) atoms. The molecule has 0 aromatic heterocycles. The van der Waals surface area contributed by atoms with Crippen LogP contribution in [0.4, 0.5) is 13.2 Å². The third-order valence-corrected chi connectivity index (χ3v) is 4.71. The quantitative estimate of drug-likeness (QED) is 0.748. The molecular weight excluding hydrogens is 357 g/mol. The highest BCUT2D eigenvalue weighted by atomic mass is 79.9. The molecule has 112 valence electrons. The van der Waals surface area contributed by atoms with Crippen molar-refractivity contribution < 1.29 is 22.6 Å². The lowest BCUT2D eigenvalue weighted by atomic mass is 9.71. The fourth-order valence-electron chi connectivity index (χ4n) is 2.04. The summed E-state index contributed by atoms with van der Waals surface area (Å²) in [5, 5.41) is 0. The van der Waals surface area contributed by atoms with Crippen molar-refractivity contribution in [1.82, 2.24) is 0 Å². The Balaban J connectivity index is 1.98. The van der Waals surface area contributed by atoms with Crippen LogP contribution in [-0.4, -0.2) is 18.7 Å². The predicted molar refractivity (Wildman–Crippen MR) is 76.5 cm³/mol. The number of alkyl halides is 3. The molecular formula is C13H14BrF3O2S. The average Bonchev–Trinajstić information content (AvgIpc) is 2.30. The third-order valence-electron chi connectivity index (χ3n) is 3.42. The minimum Gasteiger partial charge on any atom is -0.493 e. The van der Waals surface area contributed by atoms with Gasteiger partial charge in [0.2, 0.25) is 0 Å². The van der Waals surface area contributed by atoms with Crippen LogP contribution in [0.15, 0.2) is 22.7 Å². The van der Waals surface area contributed by atoms with Crippen molar-refractivity contribution in [3.8, 4) is 11.5 Å². The van der Waals surface area contributed by atoms with Crippen LogP contribution in [0.1, 0.15) is 19.3 Å². The highest BCUT2D eigenvalue weighted by Crippen LogP contribution is 2.42. The molecule has 1 aromatic rings. The van der Waals surface area contributed by atoms with E-state index in [0.29, 0.717) is 12.4 Å². The topological polar surface area (TPSA) is 18.5 Å². The Bertz CT molecular complexity index is 470. The summed E-state index contributed by atoms with van der Waals surface area (Å²) in [5.41, 5.74) is 0.108. The van der Waals surface area contributed by atoms with E-state index in [0.717, 1.165) is 18.6 Å². The largest absolute Gasteiger partial charge is 0.573 e. The van der Waals surface area contributed by atoms with Gasteiger partial charge in [0.15, 0.2) is 0 Å². The van der Waals surface area contributed by atoms with Crippen LogP contribution in [0.2, 0.25) is 0 Å². The van der Waals surface area contributed by atoms with Gasteiger partial charge >= 0.3 is 6.36 Å². The second-order valence-electron chi connectivity index (χ2n) is 4.94. The van der Waals surface area contributed by atoms with Crippen molar-refractivity contribution in [3.63, 3.8) is 0 Å². The first-order chi connectivity index (χ1) is 9.34. The molecule has 2 rings (SSSR count). The molecule has 1 aromatic carbocycles. The molecule has 1 aliphatic carbocycles. The Morgan fingerprint density at radius 3 is 2.45 bits per heavy atom. The molecule has 0 atom stereocenters. The molecule has 1 fully saturated rings. The van der Waals surface area contributed by atoms with Gasteiger partial charge in [-0.2, -0.15) is 12.6 Å². The van der Waals surface area contributed by atoms with E-state index >= 15 is 0 Å². The van der Waals surface area contributed by atoms with Gasteiger partial charge in [-0.05, 0) is 52.7 Å². The average molecular weight is 371 g/mol. The van der Waals surface area contributed by atoms with Crippen LogP contribution in [0.3, 0.4) is 0 Å². The van der Waals surface area contributed by atoms with E-state index in [2.05, 4.69) is 33.3 Å². The van der Waals surface area contributed by atoms with Crippen LogP contribution >= 0.6 is 28.6 Å². The minimum absolute atomic E-state index is 0.108. The van der Waals surface area contributed by atoms with E-state index in [1.165, 1.54) is 24.6 Å². The second-order valence-corrected chi connectivity index (χ2v) is 6.11. The number of ether oxygens (including phenoxy) is 2. The summed E-state index contributed by atoms with van der Waals surface area (Å²) in [6, 6.07) is 4.18. The van der Waals surface area contributed by atoms with Gasteiger partial charge in [0.1, 0.15) is 11.5 Å². The monoisotopic (exact) mass is 370 g/mol. The zero-order valence-electron chi connectivity index (χ0n) is 10.5.